The molecule has 0 saturated carbocycles. The van der Waals surface area contributed by atoms with Gasteiger partial charge in [-0.25, -0.2) is 0 Å². The molecule has 35 heavy (non-hydrogen) atoms. The summed E-state index contributed by atoms with van der Waals surface area (Å²) in [5.41, 5.74) is -0.829. The summed E-state index contributed by atoms with van der Waals surface area (Å²) in [6, 6.07) is 36.6. The molecule has 4 aromatic rings. The van der Waals surface area contributed by atoms with Crippen molar-refractivity contribution in [3.8, 4) is 0 Å². The van der Waals surface area contributed by atoms with Crippen molar-refractivity contribution < 1.29 is 25.2 Å². The van der Waals surface area contributed by atoms with Gasteiger partial charge in [-0.2, -0.15) is 0 Å². The van der Waals surface area contributed by atoms with Crippen molar-refractivity contribution in [2.75, 3.05) is 13.2 Å². The van der Waals surface area contributed by atoms with E-state index in [1.807, 2.05) is 121 Å². The van der Waals surface area contributed by atoms with Gasteiger partial charge in [-0.1, -0.05) is 121 Å². The van der Waals surface area contributed by atoms with Crippen molar-refractivity contribution in [1.29, 1.82) is 0 Å². The van der Waals surface area contributed by atoms with Crippen LogP contribution in [0.1, 0.15) is 22.3 Å². The Morgan fingerprint density at radius 1 is 0.457 bits per heavy atom. The number of hydrogen-bond donors (Lipinski definition) is 4. The topological polar surface area (TPSA) is 90.2 Å². The zero-order valence-corrected chi connectivity index (χ0v) is 19.3. The van der Waals surface area contributed by atoms with Gasteiger partial charge >= 0.3 is 0 Å². The molecule has 0 aromatic heterocycles. The van der Waals surface area contributed by atoms with Crippen molar-refractivity contribution in [1.82, 2.24) is 0 Å². The highest BCUT2D eigenvalue weighted by Gasteiger charge is 2.53. The monoisotopic (exact) mass is 470 g/mol. The summed E-state index contributed by atoms with van der Waals surface area (Å²) in [7, 11) is 0. The molecule has 0 fully saturated rings. The van der Waals surface area contributed by atoms with Crippen molar-refractivity contribution in [3.05, 3.63) is 144 Å². The third-order valence-electron chi connectivity index (χ3n) is 6.42. The number of rotatable bonds is 10. The highest BCUT2D eigenvalue weighted by molar-refractivity contribution is 5.43. The summed E-state index contributed by atoms with van der Waals surface area (Å²) in [4.78, 5) is 0. The fourth-order valence-corrected chi connectivity index (χ4v) is 4.73. The molecule has 0 aliphatic carbocycles. The quantitative estimate of drug-likeness (QED) is 0.284. The summed E-state index contributed by atoms with van der Waals surface area (Å²) in [5, 5.41) is 43.5. The number of aliphatic hydroxyl groups excluding tert-OH is 4. The molecule has 4 rings (SSSR count). The van der Waals surface area contributed by atoms with Gasteiger partial charge in [0.2, 0.25) is 0 Å². The lowest BCUT2D eigenvalue weighted by Crippen LogP contribution is -2.55. The van der Waals surface area contributed by atoms with Crippen molar-refractivity contribution in [2.24, 2.45) is 0 Å². The second-order valence-corrected chi connectivity index (χ2v) is 8.43. The Bertz CT molecular complexity index is 993. The second-order valence-electron chi connectivity index (χ2n) is 8.43. The molecule has 0 spiro atoms. The molecular formula is C30H30O5. The Labute approximate surface area is 205 Å². The lowest BCUT2D eigenvalue weighted by atomic mass is 9.76. The molecule has 2 unspecified atom stereocenters. The van der Waals surface area contributed by atoms with Crippen LogP contribution >= 0.6 is 0 Å². The molecule has 0 aliphatic rings. The van der Waals surface area contributed by atoms with Crippen LogP contribution in [-0.2, 0) is 15.9 Å². The molecule has 0 saturated heterocycles. The maximum Gasteiger partial charge on any atom is 0.148 e. The smallest absolute Gasteiger partial charge is 0.148 e. The van der Waals surface area contributed by atoms with Gasteiger partial charge in [0.05, 0.1) is 13.2 Å². The Balaban J connectivity index is 2.09. The first-order valence-electron chi connectivity index (χ1n) is 11.6. The van der Waals surface area contributed by atoms with E-state index in [0.717, 1.165) is 0 Å². The molecule has 0 amide bonds. The largest absolute Gasteiger partial charge is 0.394 e. The highest BCUT2D eigenvalue weighted by atomic mass is 16.6. The number of hydrogen-bond acceptors (Lipinski definition) is 5. The first-order chi connectivity index (χ1) is 17.1. The van der Waals surface area contributed by atoms with Crippen LogP contribution in [0.3, 0.4) is 0 Å². The zero-order valence-electron chi connectivity index (χ0n) is 19.3. The minimum absolute atomic E-state index is 0.592. The average Bonchev–Trinajstić information content (AvgIpc) is 2.95. The van der Waals surface area contributed by atoms with E-state index >= 15 is 0 Å². The molecule has 4 aromatic carbocycles. The maximum absolute atomic E-state index is 11.5. The Hall–Kier alpha value is -3.32. The van der Waals surface area contributed by atoms with E-state index in [-0.39, 0.29) is 0 Å². The van der Waals surface area contributed by atoms with Crippen molar-refractivity contribution in [3.63, 3.8) is 0 Å². The first kappa shape index (κ1) is 24.8. The number of benzene rings is 4. The van der Waals surface area contributed by atoms with E-state index in [1.165, 1.54) is 0 Å². The zero-order chi connectivity index (χ0) is 24.7. The van der Waals surface area contributed by atoms with Crippen molar-refractivity contribution in [2.45, 2.75) is 23.4 Å². The van der Waals surface area contributed by atoms with E-state index in [1.54, 1.807) is 0 Å². The second kappa shape index (κ2) is 11.0. The van der Waals surface area contributed by atoms with Crippen LogP contribution in [0.15, 0.2) is 121 Å². The van der Waals surface area contributed by atoms with Gasteiger partial charge < -0.3 is 25.2 Å². The van der Waals surface area contributed by atoms with E-state index in [4.69, 9.17) is 4.74 Å². The van der Waals surface area contributed by atoms with Crippen LogP contribution in [-0.4, -0.2) is 45.8 Å². The molecule has 0 heterocycles. The fourth-order valence-electron chi connectivity index (χ4n) is 4.73. The van der Waals surface area contributed by atoms with Gasteiger partial charge in [-0.15, -0.1) is 0 Å². The standard InChI is InChI=1S/C30H30O5/c31-21-27(33)29(23-13-5-1-6-14-23,24-15-7-2-8-16-24)35-30(28(34)22-32,25-17-9-3-10-18-25)26-19-11-4-12-20-26/h1-20,27-28,31-34H,21-22H2. The maximum atomic E-state index is 11.5. The Morgan fingerprint density at radius 2 is 0.686 bits per heavy atom. The third kappa shape index (κ3) is 4.52. The Kier molecular flexibility index (Phi) is 7.76. The van der Waals surface area contributed by atoms with E-state index in [0.29, 0.717) is 22.3 Å². The van der Waals surface area contributed by atoms with Gasteiger partial charge in [0, 0.05) is 0 Å². The molecule has 180 valence electrons. The van der Waals surface area contributed by atoms with Crippen LogP contribution < -0.4 is 0 Å². The average molecular weight is 471 g/mol. The fraction of sp³-hybridized carbons (Fsp3) is 0.200. The number of aliphatic hydroxyl groups is 4. The lowest BCUT2D eigenvalue weighted by Gasteiger charge is -2.48. The minimum Gasteiger partial charge on any atom is -0.394 e. The molecule has 0 bridgehead atoms. The van der Waals surface area contributed by atoms with Crippen LogP contribution in [0.2, 0.25) is 0 Å². The molecule has 5 nitrogen and oxygen atoms in total. The predicted molar refractivity (Wildman–Crippen MR) is 135 cm³/mol. The molecule has 0 radical (unpaired) electrons. The minimum atomic E-state index is -1.60. The van der Waals surface area contributed by atoms with Gasteiger partial charge in [0.25, 0.3) is 0 Å². The van der Waals surface area contributed by atoms with Crippen LogP contribution in [0.5, 0.6) is 0 Å². The lowest BCUT2D eigenvalue weighted by molar-refractivity contribution is -0.220. The molecule has 2 atom stereocenters. The molecular weight excluding hydrogens is 440 g/mol. The van der Waals surface area contributed by atoms with Crippen molar-refractivity contribution >= 4 is 0 Å². The van der Waals surface area contributed by atoms with Gasteiger partial charge in [0.1, 0.15) is 23.4 Å². The van der Waals surface area contributed by atoms with Gasteiger partial charge in [-0.3, -0.25) is 0 Å². The normalized spacial score (nSPS) is 13.8. The Morgan fingerprint density at radius 3 is 0.886 bits per heavy atom. The summed E-state index contributed by atoms with van der Waals surface area (Å²) >= 11 is 0. The molecule has 5 heteroatoms. The summed E-state index contributed by atoms with van der Waals surface area (Å²) in [6.07, 6.45) is -2.80. The van der Waals surface area contributed by atoms with E-state index < -0.39 is 36.6 Å². The SMILES string of the molecule is OCC(O)C(OC(c1ccccc1)(c1ccccc1)C(O)CO)(c1ccccc1)c1ccccc1. The molecule has 0 aliphatic heterocycles. The van der Waals surface area contributed by atoms with E-state index in [2.05, 4.69) is 0 Å². The highest BCUT2D eigenvalue weighted by Crippen LogP contribution is 2.48. The van der Waals surface area contributed by atoms with Crippen LogP contribution in [0.25, 0.3) is 0 Å². The third-order valence-corrected chi connectivity index (χ3v) is 6.42. The first-order valence-corrected chi connectivity index (χ1v) is 11.6. The summed E-state index contributed by atoms with van der Waals surface area (Å²) in [5.74, 6) is 0. The van der Waals surface area contributed by atoms with Crippen LogP contribution in [0, 0.1) is 0 Å². The molecule has 4 N–H and O–H groups in total. The van der Waals surface area contributed by atoms with Gasteiger partial charge in [-0.05, 0) is 22.3 Å². The summed E-state index contributed by atoms with van der Waals surface area (Å²) < 4.78 is 7.06. The predicted octanol–water partition coefficient (Wildman–Crippen LogP) is 3.60. The van der Waals surface area contributed by atoms with Gasteiger partial charge in [0.15, 0.2) is 0 Å². The summed E-state index contributed by atoms with van der Waals surface area (Å²) in [6.45, 7) is -1.20. The van der Waals surface area contributed by atoms with E-state index in [9.17, 15) is 20.4 Å². The number of ether oxygens (including phenoxy) is 1. The van der Waals surface area contributed by atoms with Crippen LogP contribution in [0.4, 0.5) is 0 Å².